The van der Waals surface area contributed by atoms with E-state index < -0.39 is 0 Å². The fraction of sp³-hybridized carbons (Fsp3) is 0.273. The number of nitrogens with one attached hydrogen (secondary N) is 2. The van der Waals surface area contributed by atoms with Crippen molar-refractivity contribution in [3.63, 3.8) is 0 Å². The molecule has 94 valence electrons. The quantitative estimate of drug-likeness (QED) is 0.798. The van der Waals surface area contributed by atoms with Gasteiger partial charge in [0.25, 0.3) is 5.91 Å². The number of aryl methyl sites for hydroxylation is 1. The molecule has 7 nitrogen and oxygen atoms in total. The molecule has 0 bridgehead atoms. The molecule has 0 aliphatic rings. The fourth-order valence-electron chi connectivity index (χ4n) is 1.60. The average molecular weight is 247 g/mol. The maximum Gasteiger partial charge on any atom is 0.268 e. The Morgan fingerprint density at radius 2 is 2.28 bits per heavy atom. The summed E-state index contributed by atoms with van der Waals surface area (Å²) in [4.78, 5) is 25.4. The molecule has 0 aromatic carbocycles. The van der Waals surface area contributed by atoms with E-state index in [0.29, 0.717) is 5.82 Å². The number of nitrogens with zero attached hydrogens (tertiary/aromatic N) is 3. The second kappa shape index (κ2) is 4.82. The van der Waals surface area contributed by atoms with E-state index in [2.05, 4.69) is 20.5 Å². The second-order valence-corrected chi connectivity index (χ2v) is 3.92. The molecule has 1 atom stereocenters. The van der Waals surface area contributed by atoms with E-state index in [1.54, 1.807) is 30.9 Å². The molecule has 0 saturated heterocycles. The van der Waals surface area contributed by atoms with Crippen LogP contribution in [0.2, 0.25) is 0 Å². The van der Waals surface area contributed by atoms with Gasteiger partial charge in [0, 0.05) is 13.1 Å². The Hall–Kier alpha value is -2.44. The summed E-state index contributed by atoms with van der Waals surface area (Å²) in [6, 6.07) is 4.12. The second-order valence-electron chi connectivity index (χ2n) is 3.92. The van der Waals surface area contributed by atoms with Crippen molar-refractivity contribution in [3.8, 4) is 0 Å². The summed E-state index contributed by atoms with van der Waals surface area (Å²) in [6.07, 6.45) is 1.56. The van der Waals surface area contributed by atoms with E-state index in [1.807, 2.05) is 0 Å². The van der Waals surface area contributed by atoms with Crippen molar-refractivity contribution >= 4 is 5.91 Å². The highest BCUT2D eigenvalue weighted by Crippen LogP contribution is 2.07. The van der Waals surface area contributed by atoms with Gasteiger partial charge in [-0.2, -0.15) is 0 Å². The summed E-state index contributed by atoms with van der Waals surface area (Å²) in [5.41, 5.74) is -0.0921. The standard InChI is InChI=1S/C11H13N5O2/c1-7(10-15-12-6-16(10)2)13-11(18)8-4-3-5-9(17)14-8/h3-7H,1-2H3,(H,13,18)(H,14,17). The van der Waals surface area contributed by atoms with Crippen LogP contribution < -0.4 is 10.9 Å². The van der Waals surface area contributed by atoms with E-state index >= 15 is 0 Å². The van der Waals surface area contributed by atoms with E-state index in [0.717, 1.165) is 0 Å². The van der Waals surface area contributed by atoms with Crippen LogP contribution in [0.25, 0.3) is 0 Å². The number of amides is 1. The molecule has 0 aliphatic carbocycles. The van der Waals surface area contributed by atoms with Crippen molar-refractivity contribution < 1.29 is 4.79 Å². The number of carbonyl (C=O) groups is 1. The first kappa shape index (κ1) is 12.0. The normalized spacial score (nSPS) is 12.1. The molecule has 1 unspecified atom stereocenters. The fourth-order valence-corrected chi connectivity index (χ4v) is 1.60. The summed E-state index contributed by atoms with van der Waals surface area (Å²) in [7, 11) is 1.79. The monoisotopic (exact) mass is 247 g/mol. The highest BCUT2D eigenvalue weighted by Gasteiger charge is 2.15. The molecule has 2 aromatic rings. The number of hydrogen-bond acceptors (Lipinski definition) is 4. The van der Waals surface area contributed by atoms with Crippen LogP contribution in [0.1, 0.15) is 29.3 Å². The van der Waals surface area contributed by atoms with Gasteiger partial charge in [-0.25, -0.2) is 0 Å². The lowest BCUT2D eigenvalue weighted by molar-refractivity contribution is 0.0932. The molecule has 2 rings (SSSR count). The minimum Gasteiger partial charge on any atom is -0.341 e. The molecule has 7 heteroatoms. The van der Waals surface area contributed by atoms with Gasteiger partial charge in [-0.3, -0.25) is 9.59 Å². The van der Waals surface area contributed by atoms with E-state index in [4.69, 9.17) is 0 Å². The van der Waals surface area contributed by atoms with Crippen molar-refractivity contribution in [2.75, 3.05) is 0 Å². The summed E-state index contributed by atoms with van der Waals surface area (Å²) in [6.45, 7) is 1.79. The number of hydrogen-bond donors (Lipinski definition) is 2. The Bertz CT molecular complexity index is 616. The predicted octanol–water partition coefficient (Wildman–Crippen LogP) is -0.00560. The first-order valence-electron chi connectivity index (χ1n) is 5.42. The molecule has 0 spiro atoms. The highest BCUT2D eigenvalue weighted by atomic mass is 16.2. The summed E-state index contributed by atoms with van der Waals surface area (Å²) >= 11 is 0. The minimum absolute atomic E-state index is 0.219. The average Bonchev–Trinajstić information content (AvgIpc) is 2.75. The van der Waals surface area contributed by atoms with Gasteiger partial charge in [0.1, 0.15) is 12.0 Å². The third kappa shape index (κ3) is 2.45. The summed E-state index contributed by atoms with van der Waals surface area (Å²) in [5.74, 6) is 0.282. The Morgan fingerprint density at radius 3 is 2.89 bits per heavy atom. The van der Waals surface area contributed by atoms with Crippen molar-refractivity contribution in [2.45, 2.75) is 13.0 Å². The number of pyridine rings is 1. The molecule has 0 saturated carbocycles. The SMILES string of the molecule is CC(NC(=O)c1cccc(=O)[nH]1)c1nncn1C. The third-order valence-corrected chi connectivity index (χ3v) is 2.49. The maximum absolute atomic E-state index is 11.9. The van der Waals surface area contributed by atoms with E-state index in [-0.39, 0.29) is 23.2 Å². The Balaban J connectivity index is 2.13. The molecule has 0 radical (unpaired) electrons. The number of rotatable bonds is 3. The van der Waals surface area contributed by atoms with Gasteiger partial charge in [-0.15, -0.1) is 10.2 Å². The van der Waals surface area contributed by atoms with Crippen LogP contribution in [0.4, 0.5) is 0 Å². The number of carbonyl (C=O) groups excluding carboxylic acids is 1. The van der Waals surface area contributed by atoms with Gasteiger partial charge in [-0.1, -0.05) is 6.07 Å². The lowest BCUT2D eigenvalue weighted by Gasteiger charge is -2.12. The third-order valence-electron chi connectivity index (χ3n) is 2.49. The molecule has 18 heavy (non-hydrogen) atoms. The summed E-state index contributed by atoms with van der Waals surface area (Å²) in [5, 5.41) is 10.4. The number of H-pyrrole nitrogens is 1. The number of aromatic amines is 1. The Kier molecular flexibility index (Phi) is 3.22. The van der Waals surface area contributed by atoms with Crippen molar-refractivity contribution in [1.82, 2.24) is 25.1 Å². The van der Waals surface area contributed by atoms with Crippen molar-refractivity contribution in [3.05, 3.63) is 46.4 Å². The topological polar surface area (TPSA) is 92.7 Å². The zero-order valence-electron chi connectivity index (χ0n) is 10.0. The Labute approximate surface area is 103 Å². The van der Waals surface area contributed by atoms with Crippen LogP contribution in [-0.2, 0) is 7.05 Å². The van der Waals surface area contributed by atoms with Crippen LogP contribution in [0.15, 0.2) is 29.3 Å². The van der Waals surface area contributed by atoms with Crippen LogP contribution in [0.5, 0.6) is 0 Å². The number of aromatic nitrogens is 4. The lowest BCUT2D eigenvalue weighted by Crippen LogP contribution is -2.30. The maximum atomic E-state index is 11.9. The van der Waals surface area contributed by atoms with Crippen LogP contribution >= 0.6 is 0 Å². The molecular formula is C11H13N5O2. The summed E-state index contributed by atoms with van der Waals surface area (Å²) < 4.78 is 1.72. The smallest absolute Gasteiger partial charge is 0.268 e. The van der Waals surface area contributed by atoms with Gasteiger partial charge >= 0.3 is 0 Å². The molecule has 2 N–H and O–H groups in total. The molecule has 0 aliphatic heterocycles. The molecule has 0 fully saturated rings. The first-order valence-corrected chi connectivity index (χ1v) is 5.42. The van der Waals surface area contributed by atoms with Gasteiger partial charge in [0.15, 0.2) is 5.82 Å². The van der Waals surface area contributed by atoms with E-state index in [9.17, 15) is 9.59 Å². The van der Waals surface area contributed by atoms with Gasteiger partial charge in [0.05, 0.1) is 6.04 Å². The minimum atomic E-state index is -0.358. The zero-order chi connectivity index (χ0) is 13.1. The van der Waals surface area contributed by atoms with Crippen LogP contribution in [0.3, 0.4) is 0 Å². The van der Waals surface area contributed by atoms with Gasteiger partial charge in [-0.05, 0) is 13.0 Å². The zero-order valence-corrected chi connectivity index (χ0v) is 10.0. The van der Waals surface area contributed by atoms with Crippen molar-refractivity contribution in [1.29, 1.82) is 0 Å². The predicted molar refractivity (Wildman–Crippen MR) is 63.9 cm³/mol. The van der Waals surface area contributed by atoms with Crippen LogP contribution in [-0.4, -0.2) is 25.7 Å². The molecule has 1 amide bonds. The van der Waals surface area contributed by atoms with Crippen LogP contribution in [0, 0.1) is 0 Å². The van der Waals surface area contributed by atoms with Gasteiger partial charge in [0.2, 0.25) is 5.56 Å². The molecular weight excluding hydrogens is 234 g/mol. The largest absolute Gasteiger partial charge is 0.341 e. The lowest BCUT2D eigenvalue weighted by atomic mass is 10.2. The first-order chi connectivity index (χ1) is 8.58. The highest BCUT2D eigenvalue weighted by molar-refractivity contribution is 5.92. The molecule has 2 aromatic heterocycles. The molecule has 2 heterocycles. The van der Waals surface area contributed by atoms with Gasteiger partial charge < -0.3 is 14.9 Å². The Morgan fingerprint density at radius 1 is 1.50 bits per heavy atom. The van der Waals surface area contributed by atoms with E-state index in [1.165, 1.54) is 12.1 Å². The van der Waals surface area contributed by atoms with Crippen molar-refractivity contribution in [2.24, 2.45) is 7.05 Å².